The van der Waals surface area contributed by atoms with E-state index in [1.54, 1.807) is 0 Å². The van der Waals surface area contributed by atoms with Crippen molar-refractivity contribution < 1.29 is 0 Å². The summed E-state index contributed by atoms with van der Waals surface area (Å²) in [5, 5.41) is 3.77. The highest BCUT2D eigenvalue weighted by atomic mass is 14.9. The van der Waals surface area contributed by atoms with Crippen molar-refractivity contribution in [2.24, 2.45) is 5.92 Å². The largest absolute Gasteiger partial charge is 0.306 e. The Bertz CT molecular complexity index is 615. The molecule has 0 spiro atoms. The molecule has 2 aromatic rings. The van der Waals surface area contributed by atoms with Crippen molar-refractivity contribution in [3.8, 4) is 0 Å². The summed E-state index contributed by atoms with van der Waals surface area (Å²) >= 11 is 0. The Morgan fingerprint density at radius 1 is 1.19 bits per heavy atom. The second-order valence-corrected chi connectivity index (χ2v) is 6.04. The fraction of sp³-hybridized carbons (Fsp3) is 0.300. The summed E-state index contributed by atoms with van der Waals surface area (Å²) in [6.07, 6.45) is 4.29. The van der Waals surface area contributed by atoms with Crippen molar-refractivity contribution >= 4 is 0 Å². The third-order valence-corrected chi connectivity index (χ3v) is 4.43. The van der Waals surface area contributed by atoms with Gasteiger partial charge in [0.05, 0.1) is 0 Å². The molecule has 3 rings (SSSR count). The lowest BCUT2D eigenvalue weighted by molar-refractivity contribution is 0.390. The zero-order valence-corrected chi connectivity index (χ0v) is 12.7. The number of hydrogen-bond acceptors (Lipinski definition) is 1. The number of hydrogen-bond donors (Lipinski definition) is 1. The summed E-state index contributed by atoms with van der Waals surface area (Å²) in [7, 11) is 0. The van der Waals surface area contributed by atoms with E-state index in [1.165, 1.54) is 22.3 Å². The summed E-state index contributed by atoms with van der Waals surface area (Å²) < 4.78 is 0. The molecule has 0 radical (unpaired) electrons. The molecule has 0 aromatic heterocycles. The monoisotopic (exact) mass is 277 g/mol. The molecule has 0 unspecified atom stereocenters. The molecule has 0 saturated heterocycles. The lowest BCUT2D eigenvalue weighted by Gasteiger charge is -2.21. The summed E-state index contributed by atoms with van der Waals surface area (Å²) in [5.41, 5.74) is 5.67. The molecule has 0 bridgehead atoms. The molecule has 1 aliphatic carbocycles. The number of aryl methyl sites for hydroxylation is 1. The molecular formula is C20H23N. The van der Waals surface area contributed by atoms with Gasteiger partial charge in [0.25, 0.3) is 0 Å². The zero-order valence-electron chi connectivity index (χ0n) is 12.7. The molecule has 0 fully saturated rings. The molecule has 0 saturated carbocycles. The van der Waals surface area contributed by atoms with Gasteiger partial charge in [-0.3, -0.25) is 0 Å². The van der Waals surface area contributed by atoms with Gasteiger partial charge in [0.1, 0.15) is 0 Å². The van der Waals surface area contributed by atoms with Crippen LogP contribution in [0.1, 0.15) is 34.7 Å². The van der Waals surface area contributed by atoms with Gasteiger partial charge < -0.3 is 5.32 Å². The van der Waals surface area contributed by atoms with Crippen LogP contribution in [0, 0.1) is 12.8 Å². The van der Waals surface area contributed by atoms with Crippen molar-refractivity contribution in [3.05, 3.63) is 83.4 Å². The van der Waals surface area contributed by atoms with E-state index < -0.39 is 0 Å². The maximum absolute atomic E-state index is 3.93. The van der Waals surface area contributed by atoms with Crippen LogP contribution >= 0.6 is 0 Å². The first-order chi connectivity index (χ1) is 10.3. The zero-order chi connectivity index (χ0) is 14.7. The van der Waals surface area contributed by atoms with Crippen molar-refractivity contribution in [2.75, 3.05) is 0 Å². The predicted octanol–water partition coefficient (Wildman–Crippen LogP) is 4.57. The minimum Gasteiger partial charge on any atom is -0.306 e. The van der Waals surface area contributed by atoms with Gasteiger partial charge in [-0.05, 0) is 42.4 Å². The minimum atomic E-state index is 0.443. The average Bonchev–Trinajstić information content (AvgIpc) is 2.83. The maximum Gasteiger partial charge on any atom is 0.0360 e. The topological polar surface area (TPSA) is 12.0 Å². The van der Waals surface area contributed by atoms with Crippen molar-refractivity contribution in [2.45, 2.75) is 32.4 Å². The number of nitrogens with one attached hydrogen (secondary N) is 1. The van der Waals surface area contributed by atoms with Gasteiger partial charge in [-0.1, -0.05) is 60.2 Å². The van der Waals surface area contributed by atoms with Crippen LogP contribution in [-0.4, -0.2) is 0 Å². The Hall–Kier alpha value is -1.86. The van der Waals surface area contributed by atoms with Gasteiger partial charge in [-0.25, -0.2) is 0 Å². The Morgan fingerprint density at radius 3 is 2.76 bits per heavy atom. The molecule has 108 valence electrons. The van der Waals surface area contributed by atoms with E-state index in [0.717, 1.165) is 19.4 Å². The van der Waals surface area contributed by atoms with Crippen molar-refractivity contribution in [3.63, 3.8) is 0 Å². The number of benzene rings is 2. The molecule has 0 amide bonds. The minimum absolute atomic E-state index is 0.443. The summed E-state index contributed by atoms with van der Waals surface area (Å²) in [6.45, 7) is 7.03. The summed E-state index contributed by atoms with van der Waals surface area (Å²) in [6, 6.07) is 17.9. The fourth-order valence-electron chi connectivity index (χ4n) is 3.38. The first kappa shape index (κ1) is 14.1. The molecule has 1 N–H and O–H groups in total. The van der Waals surface area contributed by atoms with E-state index in [-0.39, 0.29) is 0 Å². The highest BCUT2D eigenvalue weighted by Crippen LogP contribution is 2.38. The number of allylic oxidation sites excluding steroid dienone is 1. The lowest BCUT2D eigenvalue weighted by Crippen LogP contribution is -2.24. The van der Waals surface area contributed by atoms with Crippen LogP contribution in [0.2, 0.25) is 0 Å². The average molecular weight is 277 g/mol. The summed E-state index contributed by atoms with van der Waals surface area (Å²) in [5.74, 6) is 0.628. The quantitative estimate of drug-likeness (QED) is 0.789. The molecule has 2 atom stereocenters. The van der Waals surface area contributed by atoms with Crippen LogP contribution in [-0.2, 0) is 13.0 Å². The van der Waals surface area contributed by atoms with E-state index >= 15 is 0 Å². The molecule has 0 aliphatic heterocycles. The Labute approximate surface area is 127 Å². The van der Waals surface area contributed by atoms with Crippen LogP contribution in [0.5, 0.6) is 0 Å². The second kappa shape index (κ2) is 6.28. The lowest BCUT2D eigenvalue weighted by atomic mass is 9.96. The van der Waals surface area contributed by atoms with E-state index in [9.17, 15) is 0 Å². The Morgan fingerprint density at radius 2 is 2.00 bits per heavy atom. The molecule has 2 aromatic carbocycles. The van der Waals surface area contributed by atoms with Gasteiger partial charge in [-0.15, -0.1) is 6.58 Å². The van der Waals surface area contributed by atoms with Gasteiger partial charge in [-0.2, -0.15) is 0 Å². The first-order valence-corrected chi connectivity index (χ1v) is 7.75. The van der Waals surface area contributed by atoms with Crippen LogP contribution in [0.3, 0.4) is 0 Å². The highest BCUT2D eigenvalue weighted by Gasteiger charge is 2.31. The van der Waals surface area contributed by atoms with Crippen molar-refractivity contribution in [1.82, 2.24) is 5.32 Å². The normalized spacial score (nSPS) is 20.2. The molecule has 1 aliphatic rings. The van der Waals surface area contributed by atoms with E-state index in [1.807, 2.05) is 0 Å². The molecular weight excluding hydrogens is 254 g/mol. The van der Waals surface area contributed by atoms with Crippen LogP contribution in [0.15, 0.2) is 61.2 Å². The van der Waals surface area contributed by atoms with Crippen LogP contribution in [0.25, 0.3) is 0 Å². The highest BCUT2D eigenvalue weighted by molar-refractivity contribution is 5.39. The van der Waals surface area contributed by atoms with Crippen molar-refractivity contribution in [1.29, 1.82) is 0 Å². The molecule has 0 heterocycles. The fourth-order valence-corrected chi connectivity index (χ4v) is 3.38. The van der Waals surface area contributed by atoms with Crippen LogP contribution < -0.4 is 5.32 Å². The van der Waals surface area contributed by atoms with Gasteiger partial charge >= 0.3 is 0 Å². The number of rotatable bonds is 5. The second-order valence-electron chi connectivity index (χ2n) is 6.04. The Kier molecular flexibility index (Phi) is 4.21. The molecule has 1 nitrogen and oxygen atoms in total. The van der Waals surface area contributed by atoms with Gasteiger partial charge in [0.2, 0.25) is 0 Å². The predicted molar refractivity (Wildman–Crippen MR) is 89.2 cm³/mol. The van der Waals surface area contributed by atoms with E-state index in [0.29, 0.717) is 12.0 Å². The standard InChI is InChI=1S/C20H23N/c1-3-7-18-13-17-11-10-15(2)12-19(17)20(18)21-14-16-8-5-4-6-9-16/h3-6,8-12,18,20-21H,1,7,13-14H2,2H3/t18-,20-/m0/s1. The van der Waals surface area contributed by atoms with E-state index in [2.05, 4.69) is 73.4 Å². The summed E-state index contributed by atoms with van der Waals surface area (Å²) in [4.78, 5) is 0. The molecule has 1 heteroatoms. The number of fused-ring (bicyclic) bond motifs is 1. The third kappa shape index (κ3) is 3.08. The SMILES string of the molecule is C=CC[C@H]1Cc2ccc(C)cc2[C@H]1NCc1ccccc1. The van der Waals surface area contributed by atoms with Gasteiger partial charge in [0, 0.05) is 12.6 Å². The third-order valence-electron chi connectivity index (χ3n) is 4.43. The van der Waals surface area contributed by atoms with Crippen LogP contribution in [0.4, 0.5) is 0 Å². The van der Waals surface area contributed by atoms with Gasteiger partial charge in [0.15, 0.2) is 0 Å². The molecule has 21 heavy (non-hydrogen) atoms. The Balaban J connectivity index is 1.80. The maximum atomic E-state index is 3.93. The first-order valence-electron chi connectivity index (χ1n) is 7.75. The smallest absolute Gasteiger partial charge is 0.0360 e. The van der Waals surface area contributed by atoms with E-state index in [4.69, 9.17) is 0 Å².